The second-order valence-electron chi connectivity index (χ2n) is 4.21. The van der Waals surface area contributed by atoms with E-state index in [1.54, 1.807) is 0 Å². The Kier molecular flexibility index (Phi) is 2.50. The van der Waals surface area contributed by atoms with E-state index in [9.17, 15) is 0 Å². The number of rotatable bonds is 2. The average molecular weight is 191 g/mol. The first kappa shape index (κ1) is 9.59. The van der Waals surface area contributed by atoms with Gasteiger partial charge in [-0.05, 0) is 32.8 Å². The van der Waals surface area contributed by atoms with Crippen LogP contribution in [-0.4, -0.2) is 9.97 Å². The minimum atomic E-state index is -0.0614. The maximum atomic E-state index is 5.79. The molecule has 1 atom stereocenters. The Labute approximate surface area is 84.8 Å². The monoisotopic (exact) mass is 191 g/mol. The van der Waals surface area contributed by atoms with E-state index < -0.39 is 0 Å². The normalized spacial score (nSPS) is 19.1. The van der Waals surface area contributed by atoms with Crippen molar-refractivity contribution in [1.29, 1.82) is 0 Å². The molecule has 0 aromatic carbocycles. The summed E-state index contributed by atoms with van der Waals surface area (Å²) in [5.41, 5.74) is 8.01. The van der Waals surface area contributed by atoms with E-state index in [1.807, 2.05) is 13.8 Å². The van der Waals surface area contributed by atoms with Crippen molar-refractivity contribution in [2.45, 2.75) is 45.1 Å². The zero-order valence-corrected chi connectivity index (χ0v) is 8.83. The minimum Gasteiger partial charge on any atom is -0.322 e. The van der Waals surface area contributed by atoms with Crippen molar-refractivity contribution in [2.24, 2.45) is 5.73 Å². The van der Waals surface area contributed by atoms with Crippen LogP contribution < -0.4 is 5.73 Å². The third-order valence-corrected chi connectivity index (χ3v) is 2.82. The number of hydrogen-bond acceptors (Lipinski definition) is 3. The van der Waals surface area contributed by atoms with Crippen molar-refractivity contribution in [3.63, 3.8) is 0 Å². The summed E-state index contributed by atoms with van der Waals surface area (Å²) < 4.78 is 0. The molecule has 2 rings (SSSR count). The van der Waals surface area contributed by atoms with Crippen molar-refractivity contribution in [1.82, 2.24) is 9.97 Å². The van der Waals surface area contributed by atoms with Gasteiger partial charge in [0.1, 0.15) is 5.82 Å². The van der Waals surface area contributed by atoms with E-state index >= 15 is 0 Å². The highest BCUT2D eigenvalue weighted by Crippen LogP contribution is 2.35. The standard InChI is InChI=1S/C11H17N3/c1-7-6-10(9-4-3-5-9)14-11(13-7)8(2)12/h6,8-9H,3-5,12H2,1-2H3. The first-order valence-corrected chi connectivity index (χ1v) is 5.28. The van der Waals surface area contributed by atoms with Gasteiger partial charge in [-0.3, -0.25) is 0 Å². The summed E-state index contributed by atoms with van der Waals surface area (Å²) in [6, 6.07) is 2.03. The topological polar surface area (TPSA) is 51.8 Å². The molecule has 0 radical (unpaired) electrons. The van der Waals surface area contributed by atoms with E-state index in [-0.39, 0.29) is 6.04 Å². The first-order valence-electron chi connectivity index (χ1n) is 5.28. The Balaban J connectivity index is 2.30. The van der Waals surface area contributed by atoms with Crippen molar-refractivity contribution < 1.29 is 0 Å². The van der Waals surface area contributed by atoms with Crippen LogP contribution in [-0.2, 0) is 0 Å². The molecule has 1 aromatic heterocycles. The van der Waals surface area contributed by atoms with Crippen molar-refractivity contribution in [3.05, 3.63) is 23.3 Å². The van der Waals surface area contributed by atoms with E-state index in [2.05, 4.69) is 16.0 Å². The summed E-state index contributed by atoms with van der Waals surface area (Å²) in [4.78, 5) is 8.86. The molecule has 0 aliphatic heterocycles. The summed E-state index contributed by atoms with van der Waals surface area (Å²) >= 11 is 0. The summed E-state index contributed by atoms with van der Waals surface area (Å²) in [5.74, 6) is 1.45. The summed E-state index contributed by atoms with van der Waals surface area (Å²) in [7, 11) is 0. The zero-order chi connectivity index (χ0) is 10.1. The molecular formula is C11H17N3. The van der Waals surface area contributed by atoms with Gasteiger partial charge in [0.2, 0.25) is 0 Å². The Morgan fingerprint density at radius 3 is 2.64 bits per heavy atom. The fourth-order valence-electron chi connectivity index (χ4n) is 1.73. The van der Waals surface area contributed by atoms with Gasteiger partial charge in [-0.15, -0.1) is 0 Å². The Bertz CT molecular complexity index is 329. The first-order chi connectivity index (χ1) is 6.66. The number of hydrogen-bond donors (Lipinski definition) is 1. The predicted octanol–water partition coefficient (Wildman–Crippen LogP) is 2.07. The quantitative estimate of drug-likeness (QED) is 0.778. The van der Waals surface area contributed by atoms with Gasteiger partial charge in [-0.25, -0.2) is 9.97 Å². The molecular weight excluding hydrogens is 174 g/mol. The Morgan fingerprint density at radius 1 is 1.43 bits per heavy atom. The van der Waals surface area contributed by atoms with Gasteiger partial charge < -0.3 is 5.73 Å². The second-order valence-corrected chi connectivity index (χ2v) is 4.21. The molecule has 0 spiro atoms. The van der Waals surface area contributed by atoms with E-state index in [1.165, 1.54) is 25.0 Å². The highest BCUT2D eigenvalue weighted by Gasteiger charge is 2.22. The van der Waals surface area contributed by atoms with E-state index in [4.69, 9.17) is 5.73 Å². The molecule has 3 nitrogen and oxygen atoms in total. The van der Waals surface area contributed by atoms with Gasteiger partial charge in [0.25, 0.3) is 0 Å². The molecule has 1 aliphatic carbocycles. The zero-order valence-electron chi connectivity index (χ0n) is 8.83. The molecule has 1 saturated carbocycles. The number of aryl methyl sites for hydroxylation is 1. The van der Waals surface area contributed by atoms with E-state index in [0.717, 1.165) is 11.5 Å². The summed E-state index contributed by atoms with van der Waals surface area (Å²) in [6.45, 7) is 3.94. The van der Waals surface area contributed by atoms with Crippen molar-refractivity contribution in [3.8, 4) is 0 Å². The molecule has 0 bridgehead atoms. The minimum absolute atomic E-state index is 0.0614. The molecule has 1 unspecified atom stereocenters. The molecule has 14 heavy (non-hydrogen) atoms. The van der Waals surface area contributed by atoms with Crippen LogP contribution in [0.3, 0.4) is 0 Å². The second kappa shape index (κ2) is 3.65. The number of aromatic nitrogens is 2. The van der Waals surface area contributed by atoms with Crippen LogP contribution in [0.4, 0.5) is 0 Å². The van der Waals surface area contributed by atoms with Gasteiger partial charge in [-0.1, -0.05) is 6.42 Å². The van der Waals surface area contributed by atoms with Gasteiger partial charge in [0.05, 0.1) is 6.04 Å². The molecule has 1 aromatic rings. The predicted molar refractivity (Wildman–Crippen MR) is 56.0 cm³/mol. The molecule has 2 N–H and O–H groups in total. The fourth-order valence-corrected chi connectivity index (χ4v) is 1.73. The maximum Gasteiger partial charge on any atom is 0.145 e. The molecule has 76 valence electrons. The van der Waals surface area contributed by atoms with Crippen LogP contribution in [0.5, 0.6) is 0 Å². The molecule has 1 fully saturated rings. The Hall–Kier alpha value is -0.960. The maximum absolute atomic E-state index is 5.79. The van der Waals surface area contributed by atoms with E-state index in [0.29, 0.717) is 5.92 Å². The van der Waals surface area contributed by atoms with Crippen LogP contribution in [0, 0.1) is 6.92 Å². The van der Waals surface area contributed by atoms with Crippen LogP contribution in [0.15, 0.2) is 6.07 Å². The SMILES string of the molecule is Cc1cc(C2CCC2)nc(C(C)N)n1. The molecule has 1 heterocycles. The third kappa shape index (κ3) is 1.77. The molecule has 0 amide bonds. The fraction of sp³-hybridized carbons (Fsp3) is 0.636. The molecule has 0 saturated heterocycles. The van der Waals surface area contributed by atoms with Crippen LogP contribution >= 0.6 is 0 Å². The third-order valence-electron chi connectivity index (χ3n) is 2.82. The average Bonchev–Trinajstić information content (AvgIpc) is 1.99. The lowest BCUT2D eigenvalue weighted by atomic mass is 9.82. The highest BCUT2D eigenvalue weighted by molar-refractivity contribution is 5.17. The number of nitrogens with zero attached hydrogens (tertiary/aromatic N) is 2. The largest absolute Gasteiger partial charge is 0.322 e. The van der Waals surface area contributed by atoms with Gasteiger partial charge in [-0.2, -0.15) is 0 Å². The van der Waals surface area contributed by atoms with Crippen molar-refractivity contribution in [2.75, 3.05) is 0 Å². The van der Waals surface area contributed by atoms with Crippen LogP contribution in [0.25, 0.3) is 0 Å². The lowest BCUT2D eigenvalue weighted by molar-refractivity contribution is 0.408. The van der Waals surface area contributed by atoms with Crippen molar-refractivity contribution >= 4 is 0 Å². The lowest BCUT2D eigenvalue weighted by Crippen LogP contribution is -2.16. The van der Waals surface area contributed by atoms with Gasteiger partial charge in [0.15, 0.2) is 0 Å². The summed E-state index contributed by atoms with van der Waals surface area (Å²) in [5, 5.41) is 0. The summed E-state index contributed by atoms with van der Waals surface area (Å²) in [6.07, 6.45) is 3.88. The van der Waals surface area contributed by atoms with Crippen LogP contribution in [0.2, 0.25) is 0 Å². The number of nitrogens with two attached hydrogens (primary N) is 1. The molecule has 3 heteroatoms. The smallest absolute Gasteiger partial charge is 0.145 e. The molecule has 1 aliphatic rings. The van der Waals surface area contributed by atoms with Gasteiger partial charge in [0, 0.05) is 17.3 Å². The lowest BCUT2D eigenvalue weighted by Gasteiger charge is -2.25. The highest BCUT2D eigenvalue weighted by atomic mass is 14.9. The Morgan fingerprint density at radius 2 is 2.14 bits per heavy atom. The van der Waals surface area contributed by atoms with Gasteiger partial charge >= 0.3 is 0 Å². The van der Waals surface area contributed by atoms with Crippen LogP contribution in [0.1, 0.15) is 55.4 Å².